The van der Waals surface area contributed by atoms with Crippen LogP contribution in [0.3, 0.4) is 0 Å². The second kappa shape index (κ2) is 12.3. The van der Waals surface area contributed by atoms with Crippen molar-refractivity contribution in [3.8, 4) is 17.2 Å². The number of amides is 2. The van der Waals surface area contributed by atoms with Gasteiger partial charge in [-0.1, -0.05) is 30.4 Å². The summed E-state index contributed by atoms with van der Waals surface area (Å²) in [5.74, 6) is -1.03. The third kappa shape index (κ3) is 7.13. The van der Waals surface area contributed by atoms with Gasteiger partial charge in [0.05, 0.1) is 19.1 Å². The molecule has 1 aromatic rings. The van der Waals surface area contributed by atoms with Crippen molar-refractivity contribution in [1.29, 1.82) is 0 Å². The molecule has 1 saturated heterocycles. The number of nitrogens with zero attached hydrogens (tertiary/aromatic N) is 1. The van der Waals surface area contributed by atoms with E-state index >= 15 is 0 Å². The molecule has 0 aromatic heterocycles. The van der Waals surface area contributed by atoms with Gasteiger partial charge < -0.3 is 25.0 Å². The molecule has 11 heteroatoms. The van der Waals surface area contributed by atoms with Crippen LogP contribution in [0.4, 0.5) is 0 Å². The second-order valence-corrected chi connectivity index (χ2v) is 8.59. The van der Waals surface area contributed by atoms with Crippen molar-refractivity contribution in [2.24, 2.45) is 0 Å². The van der Waals surface area contributed by atoms with E-state index in [0.717, 1.165) is 18.2 Å². The highest BCUT2D eigenvalue weighted by atomic mass is 32.2. The molecule has 1 aromatic carbocycles. The van der Waals surface area contributed by atoms with Gasteiger partial charge in [0.15, 0.2) is 11.5 Å². The predicted octanol–water partition coefficient (Wildman–Crippen LogP) is 2.76. The Hall–Kier alpha value is -2.79. The number of benzene rings is 1. The molecule has 174 valence electrons. The van der Waals surface area contributed by atoms with Crippen molar-refractivity contribution in [1.82, 2.24) is 10.2 Å². The summed E-state index contributed by atoms with van der Waals surface area (Å²) in [6, 6.07) is 3.16. The molecule has 32 heavy (non-hydrogen) atoms. The minimum absolute atomic E-state index is 0.107. The van der Waals surface area contributed by atoms with E-state index in [2.05, 4.69) is 5.32 Å². The molecule has 0 aliphatic carbocycles. The summed E-state index contributed by atoms with van der Waals surface area (Å²) in [5, 5.41) is 21.4. The molecule has 1 aliphatic heterocycles. The van der Waals surface area contributed by atoms with Crippen LogP contribution in [0.25, 0.3) is 6.08 Å². The Morgan fingerprint density at radius 3 is 2.41 bits per heavy atom. The quantitative estimate of drug-likeness (QED) is 0.234. The van der Waals surface area contributed by atoms with Gasteiger partial charge in [-0.3, -0.25) is 19.3 Å². The van der Waals surface area contributed by atoms with Crippen LogP contribution in [-0.2, 0) is 14.4 Å². The van der Waals surface area contributed by atoms with Crippen molar-refractivity contribution in [3.05, 3.63) is 22.6 Å². The molecule has 0 spiro atoms. The molecule has 9 nitrogen and oxygen atoms in total. The van der Waals surface area contributed by atoms with Crippen LogP contribution in [0.2, 0.25) is 0 Å². The number of carbonyl (C=O) groups excluding carboxylic acids is 2. The largest absolute Gasteiger partial charge is 0.502 e. The Morgan fingerprint density at radius 2 is 1.81 bits per heavy atom. The van der Waals surface area contributed by atoms with Crippen LogP contribution < -0.4 is 14.8 Å². The van der Waals surface area contributed by atoms with Crippen molar-refractivity contribution in [3.63, 3.8) is 0 Å². The van der Waals surface area contributed by atoms with Crippen LogP contribution in [0, 0.1) is 0 Å². The fourth-order valence-corrected chi connectivity index (χ4v) is 4.26. The number of methoxy groups -OCH3 is 2. The highest BCUT2D eigenvalue weighted by Gasteiger charge is 2.32. The van der Waals surface area contributed by atoms with E-state index in [4.69, 9.17) is 26.8 Å². The lowest BCUT2D eigenvalue weighted by Gasteiger charge is -2.14. The first-order chi connectivity index (χ1) is 15.3. The van der Waals surface area contributed by atoms with E-state index in [-0.39, 0.29) is 48.4 Å². The molecule has 1 fully saturated rings. The number of unbranched alkanes of at least 4 members (excludes halogenated alkanes) is 2. The Kier molecular flexibility index (Phi) is 9.79. The SMILES string of the molecule is COc1cc(/C=C2\SC(=S)N(CCC(=O)NCCCCCC(=O)O)C2=O)cc(OC)c1O. The molecular weight excluding hydrogens is 456 g/mol. The van der Waals surface area contributed by atoms with E-state index < -0.39 is 5.97 Å². The lowest BCUT2D eigenvalue weighted by molar-refractivity contribution is -0.137. The third-order valence-corrected chi connectivity index (χ3v) is 6.00. The number of phenolic OH excluding ortho intramolecular Hbond substituents is 1. The van der Waals surface area contributed by atoms with Crippen molar-refractivity contribution in [2.75, 3.05) is 27.3 Å². The maximum atomic E-state index is 12.8. The summed E-state index contributed by atoms with van der Waals surface area (Å²) in [6.45, 7) is 0.621. The molecule has 0 atom stereocenters. The molecule has 0 unspecified atom stereocenters. The van der Waals surface area contributed by atoms with Crippen molar-refractivity contribution in [2.45, 2.75) is 32.1 Å². The van der Waals surface area contributed by atoms with Gasteiger partial charge in [-0.05, 0) is 36.6 Å². The van der Waals surface area contributed by atoms with E-state index in [1.807, 2.05) is 0 Å². The molecule has 0 saturated carbocycles. The van der Waals surface area contributed by atoms with E-state index in [0.29, 0.717) is 34.2 Å². The number of ether oxygens (including phenoxy) is 2. The monoisotopic (exact) mass is 482 g/mol. The molecule has 0 bridgehead atoms. The minimum atomic E-state index is -0.824. The Morgan fingerprint density at radius 1 is 1.16 bits per heavy atom. The van der Waals surface area contributed by atoms with Gasteiger partial charge in [0.2, 0.25) is 11.7 Å². The first-order valence-corrected chi connectivity index (χ1v) is 11.2. The summed E-state index contributed by atoms with van der Waals surface area (Å²) in [6.07, 6.45) is 3.85. The lowest BCUT2D eigenvalue weighted by Crippen LogP contribution is -2.33. The number of aromatic hydroxyl groups is 1. The number of rotatable bonds is 12. The molecular formula is C21H26N2O7S2. The number of thiocarbonyl (C=S) groups is 1. The summed E-state index contributed by atoms with van der Waals surface area (Å²) in [7, 11) is 2.83. The number of carboxylic acids is 1. The van der Waals surface area contributed by atoms with Gasteiger partial charge in [-0.25, -0.2) is 0 Å². The summed E-state index contributed by atoms with van der Waals surface area (Å²) in [5.41, 5.74) is 0.595. The third-order valence-electron chi connectivity index (χ3n) is 4.63. The minimum Gasteiger partial charge on any atom is -0.502 e. The van der Waals surface area contributed by atoms with Crippen LogP contribution >= 0.6 is 24.0 Å². The molecule has 1 heterocycles. The van der Waals surface area contributed by atoms with Crippen LogP contribution in [0.5, 0.6) is 17.2 Å². The summed E-state index contributed by atoms with van der Waals surface area (Å²) >= 11 is 6.43. The second-order valence-electron chi connectivity index (χ2n) is 6.91. The molecule has 2 amide bonds. The van der Waals surface area contributed by atoms with Gasteiger partial charge in [0.25, 0.3) is 5.91 Å². The maximum absolute atomic E-state index is 12.8. The van der Waals surface area contributed by atoms with E-state index in [1.165, 1.54) is 19.1 Å². The number of thioether (sulfide) groups is 1. The molecule has 1 aliphatic rings. The zero-order valence-electron chi connectivity index (χ0n) is 17.9. The highest BCUT2D eigenvalue weighted by Crippen LogP contribution is 2.39. The standard InChI is InChI=1S/C21H26N2O7S2/c1-29-14-10-13(11-15(30-2)19(14)27)12-16-20(28)23(21(31)32-16)9-7-17(24)22-8-5-3-4-6-18(25)26/h10-12,27H,3-9H2,1-2H3,(H,22,24)(H,25,26)/b16-12-. The van der Waals surface area contributed by atoms with Crippen LogP contribution in [-0.4, -0.2) is 64.5 Å². The Bertz CT molecular complexity index is 892. The zero-order chi connectivity index (χ0) is 23.7. The molecule has 2 rings (SSSR count). The van der Waals surface area contributed by atoms with E-state index in [9.17, 15) is 19.5 Å². The smallest absolute Gasteiger partial charge is 0.303 e. The first kappa shape index (κ1) is 25.5. The fraction of sp³-hybridized carbons (Fsp3) is 0.429. The fourth-order valence-electron chi connectivity index (χ4n) is 2.95. The number of nitrogens with one attached hydrogen (secondary N) is 1. The molecule has 3 N–H and O–H groups in total. The predicted molar refractivity (Wildman–Crippen MR) is 125 cm³/mol. The van der Waals surface area contributed by atoms with Crippen LogP contribution in [0.1, 0.15) is 37.7 Å². The average Bonchev–Trinajstić information content (AvgIpc) is 3.02. The lowest BCUT2D eigenvalue weighted by atomic mass is 10.1. The van der Waals surface area contributed by atoms with Crippen LogP contribution in [0.15, 0.2) is 17.0 Å². The Labute approximate surface area is 195 Å². The van der Waals surface area contributed by atoms with Gasteiger partial charge in [0, 0.05) is 25.9 Å². The zero-order valence-corrected chi connectivity index (χ0v) is 19.5. The first-order valence-electron chi connectivity index (χ1n) is 9.95. The Balaban J connectivity index is 1.90. The maximum Gasteiger partial charge on any atom is 0.303 e. The average molecular weight is 483 g/mol. The van der Waals surface area contributed by atoms with Gasteiger partial charge in [0.1, 0.15) is 4.32 Å². The normalized spacial score (nSPS) is 14.7. The topological polar surface area (TPSA) is 125 Å². The number of hydrogen-bond donors (Lipinski definition) is 3. The van der Waals surface area contributed by atoms with Gasteiger partial charge in [-0.2, -0.15) is 0 Å². The van der Waals surface area contributed by atoms with Crippen molar-refractivity contribution >= 4 is 52.2 Å². The van der Waals surface area contributed by atoms with Gasteiger partial charge in [-0.15, -0.1) is 0 Å². The number of aliphatic carboxylic acids is 1. The van der Waals surface area contributed by atoms with Crippen molar-refractivity contribution < 1.29 is 34.1 Å². The summed E-state index contributed by atoms with van der Waals surface area (Å²) < 4.78 is 10.6. The number of phenols is 1. The summed E-state index contributed by atoms with van der Waals surface area (Å²) in [4.78, 5) is 37.0. The number of hydrogen-bond acceptors (Lipinski definition) is 8. The van der Waals surface area contributed by atoms with E-state index in [1.54, 1.807) is 18.2 Å². The number of carboxylic acid groups (broad SMARTS) is 1. The highest BCUT2D eigenvalue weighted by molar-refractivity contribution is 8.26. The van der Waals surface area contributed by atoms with Gasteiger partial charge >= 0.3 is 5.97 Å². The number of carbonyl (C=O) groups is 3. The molecule has 0 radical (unpaired) electrons.